The summed E-state index contributed by atoms with van der Waals surface area (Å²) in [6.07, 6.45) is 1.23. The molecule has 0 aliphatic rings. The van der Waals surface area contributed by atoms with E-state index in [1.165, 1.54) is 0 Å². The first-order valence-corrected chi connectivity index (χ1v) is 5.68. The van der Waals surface area contributed by atoms with E-state index in [2.05, 4.69) is 0 Å². The first-order valence-electron chi connectivity index (χ1n) is 5.68. The molecule has 0 aliphatic heterocycles. The van der Waals surface area contributed by atoms with Crippen LogP contribution >= 0.6 is 0 Å². The fraction of sp³-hybridized carbons (Fsp3) is 0.538. The summed E-state index contributed by atoms with van der Waals surface area (Å²) >= 11 is 0. The number of benzene rings is 1. The SMILES string of the molecule is CC(O)(CCN)CCOCc1ccccc1. The molecule has 0 saturated carbocycles. The molecule has 0 bridgehead atoms. The zero-order valence-electron chi connectivity index (χ0n) is 9.86. The third kappa shape index (κ3) is 5.26. The molecule has 0 aliphatic carbocycles. The van der Waals surface area contributed by atoms with Gasteiger partial charge in [0.25, 0.3) is 0 Å². The van der Waals surface area contributed by atoms with Crippen LogP contribution in [0, 0.1) is 0 Å². The maximum Gasteiger partial charge on any atom is 0.0716 e. The fourth-order valence-electron chi connectivity index (χ4n) is 1.49. The lowest BCUT2D eigenvalue weighted by Crippen LogP contribution is -2.29. The Morgan fingerprint density at radius 2 is 1.94 bits per heavy atom. The van der Waals surface area contributed by atoms with Gasteiger partial charge >= 0.3 is 0 Å². The molecule has 0 spiro atoms. The van der Waals surface area contributed by atoms with Crippen molar-refractivity contribution in [2.75, 3.05) is 13.2 Å². The molecule has 1 unspecified atom stereocenters. The molecule has 1 rings (SSSR count). The molecule has 90 valence electrons. The van der Waals surface area contributed by atoms with Gasteiger partial charge in [0.05, 0.1) is 12.2 Å². The van der Waals surface area contributed by atoms with Crippen molar-refractivity contribution in [3.8, 4) is 0 Å². The second kappa shape index (κ2) is 6.63. The van der Waals surface area contributed by atoms with Crippen LogP contribution < -0.4 is 5.73 Å². The van der Waals surface area contributed by atoms with Gasteiger partial charge in [0.1, 0.15) is 0 Å². The molecule has 0 radical (unpaired) electrons. The van der Waals surface area contributed by atoms with Crippen molar-refractivity contribution >= 4 is 0 Å². The van der Waals surface area contributed by atoms with Gasteiger partial charge in [-0.15, -0.1) is 0 Å². The number of aliphatic hydroxyl groups is 1. The van der Waals surface area contributed by atoms with Crippen molar-refractivity contribution in [2.24, 2.45) is 5.73 Å². The predicted octanol–water partition coefficient (Wildman–Crippen LogP) is 1.69. The molecule has 0 amide bonds. The molecular formula is C13H21NO2. The van der Waals surface area contributed by atoms with Crippen LogP contribution in [-0.2, 0) is 11.3 Å². The number of ether oxygens (including phenoxy) is 1. The molecule has 3 N–H and O–H groups in total. The van der Waals surface area contributed by atoms with Gasteiger partial charge in [0.2, 0.25) is 0 Å². The van der Waals surface area contributed by atoms with Gasteiger partial charge in [0, 0.05) is 6.61 Å². The number of hydrogen-bond donors (Lipinski definition) is 2. The van der Waals surface area contributed by atoms with Crippen LogP contribution in [0.2, 0.25) is 0 Å². The van der Waals surface area contributed by atoms with Crippen LogP contribution in [0.3, 0.4) is 0 Å². The first kappa shape index (κ1) is 13.2. The van der Waals surface area contributed by atoms with Crippen LogP contribution in [0.4, 0.5) is 0 Å². The standard InChI is InChI=1S/C13H21NO2/c1-13(15,7-9-14)8-10-16-11-12-5-3-2-4-6-12/h2-6,15H,7-11,14H2,1H3. The molecule has 0 aromatic heterocycles. The van der Waals surface area contributed by atoms with Crippen LogP contribution in [0.25, 0.3) is 0 Å². The van der Waals surface area contributed by atoms with Gasteiger partial charge in [-0.3, -0.25) is 0 Å². The Morgan fingerprint density at radius 1 is 1.25 bits per heavy atom. The monoisotopic (exact) mass is 223 g/mol. The maximum atomic E-state index is 9.85. The molecule has 0 fully saturated rings. The van der Waals surface area contributed by atoms with Crippen LogP contribution in [0.15, 0.2) is 30.3 Å². The Morgan fingerprint density at radius 3 is 2.56 bits per heavy atom. The second-order valence-corrected chi connectivity index (χ2v) is 4.32. The Labute approximate surface area is 97.2 Å². The normalized spacial score (nSPS) is 14.7. The molecular weight excluding hydrogens is 202 g/mol. The van der Waals surface area contributed by atoms with Crippen molar-refractivity contribution in [1.82, 2.24) is 0 Å². The zero-order valence-corrected chi connectivity index (χ0v) is 9.86. The average molecular weight is 223 g/mol. The molecule has 3 heteroatoms. The summed E-state index contributed by atoms with van der Waals surface area (Å²) in [5, 5.41) is 9.85. The number of nitrogens with two attached hydrogens (primary N) is 1. The lowest BCUT2D eigenvalue weighted by molar-refractivity contribution is 0.00609. The van der Waals surface area contributed by atoms with Gasteiger partial charge in [-0.25, -0.2) is 0 Å². The summed E-state index contributed by atoms with van der Waals surface area (Å²) in [6, 6.07) is 10.0. The summed E-state index contributed by atoms with van der Waals surface area (Å²) in [4.78, 5) is 0. The Kier molecular flexibility index (Phi) is 5.46. The summed E-state index contributed by atoms with van der Waals surface area (Å²) < 4.78 is 5.50. The molecule has 0 heterocycles. The summed E-state index contributed by atoms with van der Waals surface area (Å²) in [5.41, 5.74) is 5.86. The summed E-state index contributed by atoms with van der Waals surface area (Å²) in [6.45, 7) is 3.46. The Balaban J connectivity index is 2.17. The minimum atomic E-state index is -0.703. The number of hydrogen-bond acceptors (Lipinski definition) is 3. The van der Waals surface area contributed by atoms with Crippen molar-refractivity contribution in [2.45, 2.75) is 32.0 Å². The quantitative estimate of drug-likeness (QED) is 0.692. The fourth-order valence-corrected chi connectivity index (χ4v) is 1.49. The molecule has 3 nitrogen and oxygen atoms in total. The van der Waals surface area contributed by atoms with Crippen LogP contribution in [0.1, 0.15) is 25.3 Å². The minimum absolute atomic E-state index is 0.506. The van der Waals surface area contributed by atoms with Gasteiger partial charge in [-0.2, -0.15) is 0 Å². The third-order valence-electron chi connectivity index (χ3n) is 2.58. The molecule has 16 heavy (non-hydrogen) atoms. The van der Waals surface area contributed by atoms with Gasteiger partial charge in [-0.1, -0.05) is 30.3 Å². The van der Waals surface area contributed by atoms with Crippen molar-refractivity contribution in [3.05, 3.63) is 35.9 Å². The largest absolute Gasteiger partial charge is 0.390 e. The third-order valence-corrected chi connectivity index (χ3v) is 2.58. The van der Waals surface area contributed by atoms with E-state index >= 15 is 0 Å². The molecule has 0 saturated heterocycles. The van der Waals surface area contributed by atoms with Crippen molar-refractivity contribution in [3.63, 3.8) is 0 Å². The Bertz CT molecular complexity index is 285. The zero-order chi connectivity index (χ0) is 11.9. The minimum Gasteiger partial charge on any atom is -0.390 e. The maximum absolute atomic E-state index is 9.85. The molecule has 1 aromatic rings. The highest BCUT2D eigenvalue weighted by Gasteiger charge is 2.18. The van der Waals surface area contributed by atoms with E-state index in [1.807, 2.05) is 30.3 Å². The predicted molar refractivity (Wildman–Crippen MR) is 65.0 cm³/mol. The van der Waals surface area contributed by atoms with E-state index in [0.717, 1.165) is 5.56 Å². The lowest BCUT2D eigenvalue weighted by atomic mass is 9.99. The molecule has 1 atom stereocenters. The van der Waals surface area contributed by atoms with E-state index in [4.69, 9.17) is 10.5 Å². The van der Waals surface area contributed by atoms with Crippen LogP contribution in [-0.4, -0.2) is 23.9 Å². The van der Waals surface area contributed by atoms with E-state index < -0.39 is 5.60 Å². The highest BCUT2D eigenvalue weighted by molar-refractivity contribution is 5.13. The van der Waals surface area contributed by atoms with Crippen molar-refractivity contribution in [1.29, 1.82) is 0 Å². The van der Waals surface area contributed by atoms with Gasteiger partial charge < -0.3 is 15.6 Å². The highest BCUT2D eigenvalue weighted by atomic mass is 16.5. The van der Waals surface area contributed by atoms with E-state index in [0.29, 0.717) is 32.6 Å². The smallest absolute Gasteiger partial charge is 0.0716 e. The van der Waals surface area contributed by atoms with E-state index in [9.17, 15) is 5.11 Å². The Hall–Kier alpha value is -0.900. The topological polar surface area (TPSA) is 55.5 Å². The summed E-state index contributed by atoms with van der Waals surface area (Å²) in [5.74, 6) is 0. The van der Waals surface area contributed by atoms with E-state index in [-0.39, 0.29) is 0 Å². The highest BCUT2D eigenvalue weighted by Crippen LogP contribution is 2.13. The average Bonchev–Trinajstić information content (AvgIpc) is 2.26. The summed E-state index contributed by atoms with van der Waals surface area (Å²) in [7, 11) is 0. The van der Waals surface area contributed by atoms with Gasteiger partial charge in [-0.05, 0) is 31.9 Å². The van der Waals surface area contributed by atoms with Crippen molar-refractivity contribution < 1.29 is 9.84 Å². The van der Waals surface area contributed by atoms with E-state index in [1.54, 1.807) is 6.92 Å². The lowest BCUT2D eigenvalue weighted by Gasteiger charge is -2.22. The number of rotatable bonds is 7. The second-order valence-electron chi connectivity index (χ2n) is 4.32. The van der Waals surface area contributed by atoms with Crippen LogP contribution in [0.5, 0.6) is 0 Å². The first-order chi connectivity index (χ1) is 7.64. The molecule has 1 aromatic carbocycles. The van der Waals surface area contributed by atoms with Gasteiger partial charge in [0.15, 0.2) is 0 Å².